The van der Waals surface area contributed by atoms with Gasteiger partial charge in [0.1, 0.15) is 0 Å². The molecule has 5 rings (SSSR count). The van der Waals surface area contributed by atoms with Crippen molar-refractivity contribution in [3.05, 3.63) is 34.4 Å². The first-order chi connectivity index (χ1) is 14.0. The predicted octanol–water partition coefficient (Wildman–Crippen LogP) is 2.33. The van der Waals surface area contributed by atoms with Crippen molar-refractivity contribution >= 4 is 0 Å². The van der Waals surface area contributed by atoms with Crippen molar-refractivity contribution in [3.63, 3.8) is 0 Å². The molecule has 0 unspecified atom stereocenters. The molecule has 6 heteroatoms. The van der Waals surface area contributed by atoms with Crippen molar-refractivity contribution in [1.82, 2.24) is 0 Å². The molecule has 4 aliphatic rings. The standard InChI is InChI=1S/C24H34O6/c1-21-8-5-15(25)11-23(21,28)12-18(26)20-17(21)6-9-22(2)16(7-10-24(20,22)29)14-3-4-19(27)30-13-14/h3-4,13,15-18,20,25-26,28-29H,5-12H2,1-2H3/t15-,16+,17-,18-,20-,21+,22+,23+,24-/m0/s1. The van der Waals surface area contributed by atoms with Crippen LogP contribution in [0.4, 0.5) is 0 Å². The maximum atomic E-state index is 12.2. The average Bonchev–Trinajstić information content (AvgIpc) is 2.95. The Kier molecular flexibility index (Phi) is 4.42. The first-order valence-corrected chi connectivity index (χ1v) is 11.4. The fourth-order valence-corrected chi connectivity index (χ4v) is 8.32. The zero-order chi connectivity index (χ0) is 21.5. The van der Waals surface area contributed by atoms with Crippen LogP contribution >= 0.6 is 0 Å². The summed E-state index contributed by atoms with van der Waals surface area (Å²) in [7, 11) is 0. The van der Waals surface area contributed by atoms with Gasteiger partial charge in [-0.25, -0.2) is 4.79 Å². The average molecular weight is 419 g/mol. The van der Waals surface area contributed by atoms with E-state index in [2.05, 4.69) is 13.8 Å². The van der Waals surface area contributed by atoms with Gasteiger partial charge >= 0.3 is 5.63 Å². The summed E-state index contributed by atoms with van der Waals surface area (Å²) in [6, 6.07) is 3.24. The third-order valence-corrected chi connectivity index (χ3v) is 10.1. The molecule has 0 aliphatic heterocycles. The molecule has 1 heterocycles. The fraction of sp³-hybridized carbons (Fsp3) is 0.792. The van der Waals surface area contributed by atoms with E-state index < -0.39 is 34.2 Å². The van der Waals surface area contributed by atoms with Gasteiger partial charge in [-0.2, -0.15) is 0 Å². The molecule has 0 aromatic carbocycles. The van der Waals surface area contributed by atoms with E-state index in [0.717, 1.165) is 24.8 Å². The van der Waals surface area contributed by atoms with Gasteiger partial charge in [0.05, 0.1) is 29.7 Å². The van der Waals surface area contributed by atoms with E-state index in [1.54, 1.807) is 6.07 Å². The molecule has 4 N–H and O–H groups in total. The third kappa shape index (κ3) is 2.48. The molecule has 6 nitrogen and oxygen atoms in total. The molecule has 0 saturated heterocycles. The van der Waals surface area contributed by atoms with Gasteiger partial charge in [0, 0.05) is 30.2 Å². The Bertz CT molecular complexity index is 877. The largest absolute Gasteiger partial charge is 0.431 e. The second-order valence-electron chi connectivity index (χ2n) is 11.1. The van der Waals surface area contributed by atoms with Gasteiger partial charge in [-0.1, -0.05) is 13.8 Å². The molecule has 4 aliphatic carbocycles. The minimum absolute atomic E-state index is 0.00396. The van der Waals surface area contributed by atoms with Crippen LogP contribution in [0.1, 0.15) is 76.7 Å². The Morgan fingerprint density at radius 1 is 0.967 bits per heavy atom. The van der Waals surface area contributed by atoms with Gasteiger partial charge in [0.15, 0.2) is 0 Å². The maximum Gasteiger partial charge on any atom is 0.335 e. The molecule has 0 spiro atoms. The van der Waals surface area contributed by atoms with E-state index in [1.807, 2.05) is 0 Å². The normalized spacial score (nSPS) is 52.9. The molecule has 4 fully saturated rings. The summed E-state index contributed by atoms with van der Waals surface area (Å²) in [4.78, 5) is 11.4. The summed E-state index contributed by atoms with van der Waals surface area (Å²) < 4.78 is 5.12. The molecule has 0 amide bonds. The lowest BCUT2D eigenvalue weighted by atomic mass is 9.41. The Labute approximate surface area is 176 Å². The first kappa shape index (κ1) is 20.7. The second kappa shape index (κ2) is 6.41. The van der Waals surface area contributed by atoms with E-state index >= 15 is 0 Å². The summed E-state index contributed by atoms with van der Waals surface area (Å²) in [5.41, 5.74) is -2.46. The Balaban J connectivity index is 1.54. The van der Waals surface area contributed by atoms with Crippen molar-refractivity contribution < 1.29 is 24.8 Å². The van der Waals surface area contributed by atoms with Crippen LogP contribution in [0, 0.1) is 22.7 Å². The van der Waals surface area contributed by atoms with Crippen molar-refractivity contribution in [2.75, 3.05) is 0 Å². The molecule has 30 heavy (non-hydrogen) atoms. The molecule has 166 valence electrons. The number of hydrogen-bond acceptors (Lipinski definition) is 6. The predicted molar refractivity (Wildman–Crippen MR) is 110 cm³/mol. The van der Waals surface area contributed by atoms with Crippen LogP contribution in [0.15, 0.2) is 27.6 Å². The number of hydrogen-bond donors (Lipinski definition) is 4. The van der Waals surface area contributed by atoms with Crippen LogP contribution in [-0.4, -0.2) is 43.8 Å². The minimum Gasteiger partial charge on any atom is -0.431 e. The maximum absolute atomic E-state index is 12.2. The van der Waals surface area contributed by atoms with Gasteiger partial charge < -0.3 is 24.8 Å². The van der Waals surface area contributed by atoms with E-state index in [1.165, 1.54) is 12.3 Å². The van der Waals surface area contributed by atoms with Gasteiger partial charge in [-0.05, 0) is 67.4 Å². The topological polar surface area (TPSA) is 111 Å². The second-order valence-corrected chi connectivity index (χ2v) is 11.1. The van der Waals surface area contributed by atoms with Crippen molar-refractivity contribution in [2.24, 2.45) is 22.7 Å². The SMILES string of the molecule is C[C@]12CC[C@H](O)C[C@@]1(O)C[C@H](O)[C@@H]1[C@@H]2CC[C@]2(C)[C@@H](c3ccc(=O)oc3)CC[C@]12O. The van der Waals surface area contributed by atoms with Gasteiger partial charge in [-0.15, -0.1) is 0 Å². The molecular formula is C24H34O6. The van der Waals surface area contributed by atoms with Crippen molar-refractivity contribution in [2.45, 2.75) is 94.5 Å². The molecule has 9 atom stereocenters. The van der Waals surface area contributed by atoms with Crippen LogP contribution in [0.3, 0.4) is 0 Å². The highest BCUT2D eigenvalue weighted by atomic mass is 16.4. The monoisotopic (exact) mass is 418 g/mol. The van der Waals surface area contributed by atoms with Crippen LogP contribution in [0.2, 0.25) is 0 Å². The van der Waals surface area contributed by atoms with E-state index in [-0.39, 0.29) is 29.8 Å². The lowest BCUT2D eigenvalue weighted by Crippen LogP contribution is -2.71. The summed E-state index contributed by atoms with van der Waals surface area (Å²) in [6.45, 7) is 4.22. The third-order valence-electron chi connectivity index (χ3n) is 10.1. The summed E-state index contributed by atoms with van der Waals surface area (Å²) in [5.74, 6) is -0.247. The van der Waals surface area contributed by atoms with Crippen molar-refractivity contribution in [1.29, 1.82) is 0 Å². The Morgan fingerprint density at radius 2 is 1.70 bits per heavy atom. The summed E-state index contributed by atoms with van der Waals surface area (Å²) >= 11 is 0. The van der Waals surface area contributed by atoms with Gasteiger partial charge in [-0.3, -0.25) is 0 Å². The lowest BCUT2D eigenvalue weighted by Gasteiger charge is -2.67. The fourth-order valence-electron chi connectivity index (χ4n) is 8.32. The Morgan fingerprint density at radius 3 is 2.40 bits per heavy atom. The summed E-state index contributed by atoms with van der Waals surface area (Å²) in [6.07, 6.45) is 5.00. The number of rotatable bonds is 1. The molecular weight excluding hydrogens is 384 g/mol. The van der Waals surface area contributed by atoms with Crippen molar-refractivity contribution in [3.8, 4) is 0 Å². The van der Waals surface area contributed by atoms with Crippen LogP contribution < -0.4 is 5.63 Å². The number of aliphatic hydroxyl groups is 4. The van der Waals surface area contributed by atoms with E-state index in [9.17, 15) is 25.2 Å². The minimum atomic E-state index is -1.10. The van der Waals surface area contributed by atoms with E-state index in [4.69, 9.17) is 4.42 Å². The molecule has 0 radical (unpaired) electrons. The van der Waals surface area contributed by atoms with Crippen LogP contribution in [-0.2, 0) is 0 Å². The quantitative estimate of drug-likeness (QED) is 0.557. The number of fused-ring (bicyclic) bond motifs is 5. The molecule has 4 saturated carbocycles. The van der Waals surface area contributed by atoms with Gasteiger partial charge in [0.25, 0.3) is 0 Å². The first-order valence-electron chi connectivity index (χ1n) is 11.4. The zero-order valence-corrected chi connectivity index (χ0v) is 17.9. The highest BCUT2D eigenvalue weighted by Crippen LogP contribution is 2.71. The van der Waals surface area contributed by atoms with Crippen LogP contribution in [0.25, 0.3) is 0 Å². The highest BCUT2D eigenvalue weighted by Gasteiger charge is 2.72. The van der Waals surface area contributed by atoms with Gasteiger partial charge in [0.2, 0.25) is 0 Å². The Hall–Kier alpha value is -1.21. The highest BCUT2D eigenvalue weighted by molar-refractivity contribution is 5.28. The molecule has 1 aromatic rings. The van der Waals surface area contributed by atoms with Crippen LogP contribution in [0.5, 0.6) is 0 Å². The number of aliphatic hydroxyl groups excluding tert-OH is 2. The van der Waals surface area contributed by atoms with E-state index in [0.29, 0.717) is 25.7 Å². The lowest BCUT2D eigenvalue weighted by molar-refractivity contribution is -0.282. The summed E-state index contributed by atoms with van der Waals surface area (Å²) in [5, 5.41) is 45.2. The molecule has 1 aromatic heterocycles. The molecule has 0 bridgehead atoms. The smallest absolute Gasteiger partial charge is 0.335 e. The zero-order valence-electron chi connectivity index (χ0n) is 17.9.